The summed E-state index contributed by atoms with van der Waals surface area (Å²) in [6.45, 7) is 6.85. The summed E-state index contributed by atoms with van der Waals surface area (Å²) in [5.41, 5.74) is 0.804. The van der Waals surface area contributed by atoms with Gasteiger partial charge < -0.3 is 4.90 Å². The Balaban J connectivity index is 1.52. The fourth-order valence-corrected chi connectivity index (χ4v) is 2.69. The van der Waals surface area contributed by atoms with E-state index in [0.717, 1.165) is 38.4 Å². The topological polar surface area (TPSA) is 67.2 Å². The molecule has 2 aromatic heterocycles. The molecule has 0 aliphatic carbocycles. The highest BCUT2D eigenvalue weighted by molar-refractivity contribution is 6.30. The van der Waals surface area contributed by atoms with Crippen LogP contribution in [-0.2, 0) is 6.54 Å². The first-order valence-electron chi connectivity index (χ1n) is 7.61. The summed E-state index contributed by atoms with van der Waals surface area (Å²) in [6.07, 6.45) is 3.23. The van der Waals surface area contributed by atoms with Gasteiger partial charge in [0.2, 0.25) is 5.95 Å². The number of piperazine rings is 1. The van der Waals surface area contributed by atoms with E-state index in [-0.39, 0.29) is 5.56 Å². The van der Waals surface area contributed by atoms with E-state index in [2.05, 4.69) is 24.9 Å². The Kier molecular flexibility index (Phi) is 4.88. The third-order valence-corrected chi connectivity index (χ3v) is 4.08. The summed E-state index contributed by atoms with van der Waals surface area (Å²) >= 11 is 5.81. The van der Waals surface area contributed by atoms with Crippen LogP contribution < -0.4 is 10.5 Å². The summed E-state index contributed by atoms with van der Waals surface area (Å²) in [7, 11) is 0. The fourth-order valence-electron chi connectivity index (χ4n) is 2.59. The highest BCUT2D eigenvalue weighted by Gasteiger charge is 2.18. The second-order valence-corrected chi connectivity index (χ2v) is 6.00. The molecule has 0 aromatic carbocycles. The molecule has 1 fully saturated rings. The maximum Gasteiger partial charge on any atom is 0.266 e. The van der Waals surface area contributed by atoms with Gasteiger partial charge in [-0.05, 0) is 13.0 Å². The number of halogens is 1. The van der Waals surface area contributed by atoms with E-state index in [9.17, 15) is 4.79 Å². The van der Waals surface area contributed by atoms with Crippen molar-refractivity contribution in [2.45, 2.75) is 13.5 Å². The van der Waals surface area contributed by atoms with Crippen molar-refractivity contribution >= 4 is 17.5 Å². The van der Waals surface area contributed by atoms with Crippen LogP contribution in [0.5, 0.6) is 0 Å². The highest BCUT2D eigenvalue weighted by Crippen LogP contribution is 2.12. The van der Waals surface area contributed by atoms with Crippen LogP contribution in [0.2, 0.25) is 5.02 Å². The predicted molar refractivity (Wildman–Crippen MR) is 88.9 cm³/mol. The molecule has 3 rings (SSSR count). The first kappa shape index (κ1) is 15.9. The summed E-state index contributed by atoms with van der Waals surface area (Å²) < 4.78 is 1.53. The van der Waals surface area contributed by atoms with Crippen molar-refractivity contribution < 1.29 is 0 Å². The Morgan fingerprint density at radius 3 is 2.48 bits per heavy atom. The zero-order chi connectivity index (χ0) is 16.2. The number of aryl methyl sites for hydroxylation is 1. The molecule has 7 nitrogen and oxygen atoms in total. The number of hydrogen-bond acceptors (Lipinski definition) is 6. The molecule has 2 aromatic rings. The maximum atomic E-state index is 11.8. The molecule has 0 saturated carbocycles. The molecule has 1 saturated heterocycles. The van der Waals surface area contributed by atoms with E-state index in [4.69, 9.17) is 11.6 Å². The van der Waals surface area contributed by atoms with E-state index in [1.807, 2.05) is 6.92 Å². The number of anilines is 1. The zero-order valence-electron chi connectivity index (χ0n) is 13.0. The standard InChI is InChI=1S/C15H19ClN6O/c1-12-2-3-14(23)22(19-12)9-6-20-4-7-21(8-5-20)15-17-10-13(16)11-18-15/h2-3,10-11H,4-9H2,1H3. The van der Waals surface area contributed by atoms with Gasteiger partial charge in [0, 0.05) is 38.8 Å². The lowest BCUT2D eigenvalue weighted by Gasteiger charge is -2.34. The molecule has 3 heterocycles. The zero-order valence-corrected chi connectivity index (χ0v) is 13.8. The van der Waals surface area contributed by atoms with Crippen molar-refractivity contribution in [3.05, 3.63) is 45.6 Å². The van der Waals surface area contributed by atoms with Crippen molar-refractivity contribution in [2.24, 2.45) is 0 Å². The quantitative estimate of drug-likeness (QED) is 0.824. The molecule has 8 heteroatoms. The maximum absolute atomic E-state index is 11.8. The molecular formula is C15H19ClN6O. The minimum absolute atomic E-state index is 0.0520. The van der Waals surface area contributed by atoms with Crippen molar-refractivity contribution in [3.8, 4) is 0 Å². The van der Waals surface area contributed by atoms with E-state index in [1.54, 1.807) is 24.5 Å². The van der Waals surface area contributed by atoms with Gasteiger partial charge in [0.05, 0.1) is 29.7 Å². The Morgan fingerprint density at radius 2 is 1.78 bits per heavy atom. The van der Waals surface area contributed by atoms with Gasteiger partial charge in [0.1, 0.15) is 0 Å². The first-order chi connectivity index (χ1) is 11.1. The van der Waals surface area contributed by atoms with Crippen LogP contribution in [-0.4, -0.2) is 57.4 Å². The van der Waals surface area contributed by atoms with E-state index in [1.165, 1.54) is 4.68 Å². The van der Waals surface area contributed by atoms with Crippen molar-refractivity contribution in [2.75, 3.05) is 37.6 Å². The van der Waals surface area contributed by atoms with Crippen LogP contribution >= 0.6 is 11.6 Å². The molecule has 0 unspecified atom stereocenters. The summed E-state index contributed by atoms with van der Waals surface area (Å²) in [5, 5.41) is 4.81. The minimum atomic E-state index is -0.0520. The van der Waals surface area contributed by atoms with Gasteiger partial charge in [-0.2, -0.15) is 5.10 Å². The van der Waals surface area contributed by atoms with Crippen LogP contribution in [0.3, 0.4) is 0 Å². The molecule has 0 spiro atoms. The molecule has 0 bridgehead atoms. The number of aromatic nitrogens is 4. The monoisotopic (exact) mass is 334 g/mol. The molecule has 0 radical (unpaired) electrons. The molecule has 0 N–H and O–H groups in total. The van der Waals surface area contributed by atoms with E-state index in [0.29, 0.717) is 17.5 Å². The Labute approximate surface area is 139 Å². The highest BCUT2D eigenvalue weighted by atomic mass is 35.5. The lowest BCUT2D eigenvalue weighted by atomic mass is 10.3. The number of hydrogen-bond donors (Lipinski definition) is 0. The fraction of sp³-hybridized carbons (Fsp3) is 0.467. The van der Waals surface area contributed by atoms with E-state index >= 15 is 0 Å². The van der Waals surface area contributed by atoms with Gasteiger partial charge in [-0.3, -0.25) is 9.69 Å². The van der Waals surface area contributed by atoms with E-state index < -0.39 is 0 Å². The van der Waals surface area contributed by atoms with Crippen LogP contribution in [0.1, 0.15) is 5.69 Å². The smallest absolute Gasteiger partial charge is 0.266 e. The second-order valence-electron chi connectivity index (χ2n) is 5.57. The average molecular weight is 335 g/mol. The van der Waals surface area contributed by atoms with Crippen molar-refractivity contribution in [1.29, 1.82) is 0 Å². The lowest BCUT2D eigenvalue weighted by Crippen LogP contribution is -2.48. The van der Waals surface area contributed by atoms with Gasteiger partial charge in [0.25, 0.3) is 5.56 Å². The van der Waals surface area contributed by atoms with Crippen molar-refractivity contribution in [1.82, 2.24) is 24.6 Å². The van der Waals surface area contributed by atoms with Gasteiger partial charge in [-0.15, -0.1) is 0 Å². The van der Waals surface area contributed by atoms with Gasteiger partial charge in [0.15, 0.2) is 0 Å². The molecular weight excluding hydrogens is 316 g/mol. The number of nitrogens with zero attached hydrogens (tertiary/aromatic N) is 6. The van der Waals surface area contributed by atoms with Crippen LogP contribution in [0, 0.1) is 6.92 Å². The normalized spacial score (nSPS) is 15.8. The summed E-state index contributed by atoms with van der Waals surface area (Å²) in [5.74, 6) is 0.714. The van der Waals surface area contributed by atoms with Gasteiger partial charge in [-0.1, -0.05) is 11.6 Å². The molecule has 23 heavy (non-hydrogen) atoms. The molecule has 0 amide bonds. The summed E-state index contributed by atoms with van der Waals surface area (Å²) in [6, 6.07) is 3.31. The van der Waals surface area contributed by atoms with Crippen molar-refractivity contribution in [3.63, 3.8) is 0 Å². The predicted octanol–water partition coefficient (Wildman–Crippen LogP) is 0.817. The third-order valence-electron chi connectivity index (χ3n) is 3.89. The van der Waals surface area contributed by atoms with Crippen LogP contribution in [0.25, 0.3) is 0 Å². The third kappa shape index (κ3) is 4.05. The lowest BCUT2D eigenvalue weighted by molar-refractivity contribution is 0.241. The van der Waals surface area contributed by atoms with Gasteiger partial charge >= 0.3 is 0 Å². The second kappa shape index (κ2) is 7.06. The largest absolute Gasteiger partial charge is 0.338 e. The first-order valence-corrected chi connectivity index (χ1v) is 7.99. The molecule has 122 valence electrons. The minimum Gasteiger partial charge on any atom is -0.338 e. The molecule has 0 atom stereocenters. The average Bonchev–Trinajstić information content (AvgIpc) is 2.57. The summed E-state index contributed by atoms with van der Waals surface area (Å²) in [4.78, 5) is 24.7. The number of rotatable bonds is 4. The molecule has 1 aliphatic rings. The molecule has 1 aliphatic heterocycles. The Bertz CT molecular complexity index is 709. The van der Waals surface area contributed by atoms with Crippen LogP contribution in [0.4, 0.5) is 5.95 Å². The SMILES string of the molecule is Cc1ccc(=O)n(CCN2CCN(c3ncc(Cl)cn3)CC2)n1. The van der Waals surface area contributed by atoms with Gasteiger partial charge in [-0.25, -0.2) is 14.6 Å². The Morgan fingerprint density at radius 1 is 1.09 bits per heavy atom. The Hall–Kier alpha value is -1.99. The van der Waals surface area contributed by atoms with Crippen LogP contribution in [0.15, 0.2) is 29.3 Å².